The first-order valence-corrected chi connectivity index (χ1v) is 6.99. The van der Waals surface area contributed by atoms with Crippen LogP contribution in [-0.4, -0.2) is 16.3 Å². The van der Waals surface area contributed by atoms with Crippen molar-refractivity contribution in [2.24, 2.45) is 0 Å². The molecule has 1 aliphatic rings. The van der Waals surface area contributed by atoms with E-state index >= 15 is 0 Å². The van der Waals surface area contributed by atoms with Crippen molar-refractivity contribution in [3.8, 4) is 0 Å². The van der Waals surface area contributed by atoms with Crippen molar-refractivity contribution in [2.45, 2.75) is 33.4 Å². The van der Waals surface area contributed by atoms with Crippen LogP contribution >= 0.6 is 0 Å². The number of aryl methyl sites for hydroxylation is 2. The third-order valence-electron chi connectivity index (χ3n) is 3.63. The molecule has 2 heterocycles. The van der Waals surface area contributed by atoms with E-state index in [1.807, 2.05) is 0 Å². The Balaban J connectivity index is 1.96. The summed E-state index contributed by atoms with van der Waals surface area (Å²) in [6, 6.07) is 8.08. The summed E-state index contributed by atoms with van der Waals surface area (Å²) >= 11 is 0. The minimum Gasteiger partial charge on any atom is -0.312 e. The third kappa shape index (κ3) is 2.65. The zero-order chi connectivity index (χ0) is 14.1. The molecule has 0 unspecified atom stereocenters. The number of nitrogens with zero attached hydrogens (tertiary/aromatic N) is 2. The molecule has 0 spiro atoms. The number of rotatable bonds is 2. The molecule has 0 bridgehead atoms. The van der Waals surface area contributed by atoms with E-state index in [1.54, 1.807) is 10.7 Å². The Morgan fingerprint density at radius 3 is 2.70 bits per heavy atom. The van der Waals surface area contributed by atoms with Crippen molar-refractivity contribution >= 4 is 0 Å². The average molecular weight is 269 g/mol. The lowest BCUT2D eigenvalue weighted by molar-refractivity contribution is 0.562. The van der Waals surface area contributed by atoms with E-state index in [-0.39, 0.29) is 5.56 Å². The van der Waals surface area contributed by atoms with Crippen LogP contribution in [0.5, 0.6) is 0 Å². The highest BCUT2D eigenvalue weighted by Gasteiger charge is 2.12. The second-order valence-corrected chi connectivity index (χ2v) is 5.53. The molecule has 0 aliphatic carbocycles. The Morgan fingerprint density at radius 1 is 1.20 bits per heavy atom. The summed E-state index contributed by atoms with van der Waals surface area (Å²) in [5.41, 5.74) is 5.63. The van der Waals surface area contributed by atoms with Gasteiger partial charge in [-0.1, -0.05) is 29.3 Å². The summed E-state index contributed by atoms with van der Waals surface area (Å²) in [7, 11) is 0. The van der Waals surface area contributed by atoms with Crippen molar-refractivity contribution in [3.63, 3.8) is 0 Å². The van der Waals surface area contributed by atoms with Crippen LogP contribution in [0.4, 0.5) is 0 Å². The molecule has 1 aromatic carbocycles. The topological polar surface area (TPSA) is 46.9 Å². The highest BCUT2D eigenvalue weighted by molar-refractivity contribution is 5.29. The molecule has 104 valence electrons. The maximum Gasteiger partial charge on any atom is 0.267 e. The fourth-order valence-corrected chi connectivity index (χ4v) is 2.81. The maximum atomic E-state index is 12.1. The minimum atomic E-state index is -0.0217. The van der Waals surface area contributed by atoms with E-state index in [4.69, 9.17) is 0 Å². The van der Waals surface area contributed by atoms with Crippen molar-refractivity contribution in [3.05, 3.63) is 62.6 Å². The zero-order valence-electron chi connectivity index (χ0n) is 11.9. The first-order chi connectivity index (χ1) is 9.61. The fourth-order valence-electron chi connectivity index (χ4n) is 2.81. The first-order valence-electron chi connectivity index (χ1n) is 6.99. The van der Waals surface area contributed by atoms with Crippen LogP contribution in [0.25, 0.3) is 0 Å². The van der Waals surface area contributed by atoms with Gasteiger partial charge in [0.2, 0.25) is 0 Å². The Bertz CT molecular complexity index is 683. The predicted molar refractivity (Wildman–Crippen MR) is 78.9 cm³/mol. The lowest BCUT2D eigenvalue weighted by Gasteiger charge is -2.17. The highest BCUT2D eigenvalue weighted by atomic mass is 16.1. The Kier molecular flexibility index (Phi) is 3.40. The summed E-state index contributed by atoms with van der Waals surface area (Å²) in [4.78, 5) is 12.1. The number of nitrogens with one attached hydrogen (secondary N) is 1. The van der Waals surface area contributed by atoms with Crippen molar-refractivity contribution in [1.82, 2.24) is 15.1 Å². The van der Waals surface area contributed by atoms with Gasteiger partial charge in [-0.15, -0.1) is 0 Å². The molecule has 0 saturated carbocycles. The van der Waals surface area contributed by atoms with Gasteiger partial charge in [-0.25, -0.2) is 4.68 Å². The van der Waals surface area contributed by atoms with E-state index in [0.717, 1.165) is 36.3 Å². The monoisotopic (exact) mass is 269 g/mol. The second-order valence-electron chi connectivity index (χ2n) is 5.53. The lowest BCUT2D eigenvalue weighted by atomic mass is 10.1. The van der Waals surface area contributed by atoms with Gasteiger partial charge < -0.3 is 5.32 Å². The van der Waals surface area contributed by atoms with Gasteiger partial charge in [-0.3, -0.25) is 4.79 Å². The molecular weight excluding hydrogens is 250 g/mol. The summed E-state index contributed by atoms with van der Waals surface area (Å²) in [6.45, 7) is 6.38. The Labute approximate surface area is 118 Å². The molecule has 0 atom stereocenters. The summed E-state index contributed by atoms with van der Waals surface area (Å²) < 4.78 is 1.58. The molecule has 0 saturated heterocycles. The van der Waals surface area contributed by atoms with Gasteiger partial charge in [0.05, 0.1) is 12.2 Å². The maximum absolute atomic E-state index is 12.1. The molecular formula is C16H19N3O. The Morgan fingerprint density at radius 2 is 1.95 bits per heavy atom. The van der Waals surface area contributed by atoms with Crippen molar-refractivity contribution < 1.29 is 0 Å². The number of aromatic nitrogens is 2. The molecule has 1 aromatic heterocycles. The SMILES string of the molecule is Cc1cc(C)cc(Cn2nc3c(cc2=O)CNCC3)c1. The quantitative estimate of drug-likeness (QED) is 0.900. The van der Waals surface area contributed by atoms with E-state index in [9.17, 15) is 4.79 Å². The molecule has 20 heavy (non-hydrogen) atoms. The molecule has 1 aliphatic heterocycles. The van der Waals surface area contributed by atoms with Crippen LogP contribution in [0.2, 0.25) is 0 Å². The van der Waals surface area contributed by atoms with E-state index < -0.39 is 0 Å². The summed E-state index contributed by atoms with van der Waals surface area (Å²) in [6.07, 6.45) is 0.891. The largest absolute Gasteiger partial charge is 0.312 e. The molecule has 4 heteroatoms. The van der Waals surface area contributed by atoms with Gasteiger partial charge in [0.25, 0.3) is 5.56 Å². The number of hydrogen-bond donors (Lipinski definition) is 1. The van der Waals surface area contributed by atoms with Gasteiger partial charge in [-0.05, 0) is 25.0 Å². The smallest absolute Gasteiger partial charge is 0.267 e. The van der Waals surface area contributed by atoms with Crippen molar-refractivity contribution in [1.29, 1.82) is 0 Å². The van der Waals surface area contributed by atoms with Crippen LogP contribution in [0.3, 0.4) is 0 Å². The second kappa shape index (κ2) is 5.21. The Hall–Kier alpha value is -1.94. The molecule has 4 nitrogen and oxygen atoms in total. The number of hydrogen-bond acceptors (Lipinski definition) is 3. The van der Waals surface area contributed by atoms with Gasteiger partial charge in [-0.2, -0.15) is 5.10 Å². The molecule has 1 N–H and O–H groups in total. The van der Waals surface area contributed by atoms with Crippen LogP contribution < -0.4 is 10.9 Å². The zero-order valence-corrected chi connectivity index (χ0v) is 11.9. The molecule has 2 aromatic rings. The lowest BCUT2D eigenvalue weighted by Crippen LogP contribution is -2.31. The molecule has 0 amide bonds. The summed E-state index contributed by atoms with van der Waals surface area (Å²) in [5, 5.41) is 7.80. The minimum absolute atomic E-state index is 0.0217. The highest BCUT2D eigenvalue weighted by Crippen LogP contribution is 2.11. The van der Waals surface area contributed by atoms with Gasteiger partial charge in [0.15, 0.2) is 0 Å². The predicted octanol–water partition coefficient (Wildman–Crippen LogP) is 1.55. The third-order valence-corrected chi connectivity index (χ3v) is 3.63. The summed E-state index contributed by atoms with van der Waals surface area (Å²) in [5.74, 6) is 0. The van der Waals surface area contributed by atoms with Gasteiger partial charge in [0, 0.05) is 25.6 Å². The first kappa shape index (κ1) is 13.1. The average Bonchev–Trinajstić information content (AvgIpc) is 2.38. The van der Waals surface area contributed by atoms with Crippen LogP contribution in [0.15, 0.2) is 29.1 Å². The molecule has 0 fully saturated rings. The number of fused-ring (bicyclic) bond motifs is 1. The fraction of sp³-hybridized carbons (Fsp3) is 0.375. The van der Waals surface area contributed by atoms with E-state index in [1.165, 1.54) is 11.1 Å². The van der Waals surface area contributed by atoms with E-state index in [0.29, 0.717) is 6.54 Å². The van der Waals surface area contributed by atoms with Gasteiger partial charge >= 0.3 is 0 Å². The standard InChI is InChI=1S/C16H19N3O/c1-11-5-12(2)7-13(6-11)10-19-16(20)8-14-9-17-4-3-15(14)18-19/h5-8,17H,3-4,9-10H2,1-2H3. The van der Waals surface area contributed by atoms with E-state index in [2.05, 4.69) is 42.5 Å². The van der Waals surface area contributed by atoms with Crippen molar-refractivity contribution in [2.75, 3.05) is 6.54 Å². The van der Waals surface area contributed by atoms with Gasteiger partial charge in [0.1, 0.15) is 0 Å². The van der Waals surface area contributed by atoms with Crippen LogP contribution in [-0.2, 0) is 19.5 Å². The van der Waals surface area contributed by atoms with Crippen LogP contribution in [0, 0.1) is 13.8 Å². The molecule has 0 radical (unpaired) electrons. The normalized spacial score (nSPS) is 14.1. The van der Waals surface area contributed by atoms with Crippen LogP contribution in [0.1, 0.15) is 27.9 Å². The molecule has 3 rings (SSSR count). The number of benzene rings is 1.